The Labute approximate surface area is 154 Å². The third-order valence-corrected chi connectivity index (χ3v) is 4.47. The van der Waals surface area contributed by atoms with E-state index in [9.17, 15) is 9.59 Å². The van der Waals surface area contributed by atoms with Crippen LogP contribution in [0.5, 0.6) is 5.75 Å². The van der Waals surface area contributed by atoms with Crippen molar-refractivity contribution in [2.75, 3.05) is 23.4 Å². The highest BCUT2D eigenvalue weighted by Crippen LogP contribution is 2.25. The molecule has 0 aromatic heterocycles. The number of rotatable bonds is 5. The highest BCUT2D eigenvalue weighted by atomic mass is 16.5. The van der Waals surface area contributed by atoms with Gasteiger partial charge in [-0.2, -0.15) is 0 Å². The van der Waals surface area contributed by atoms with Crippen molar-refractivity contribution < 1.29 is 14.3 Å². The second-order valence-corrected chi connectivity index (χ2v) is 6.76. The van der Waals surface area contributed by atoms with Gasteiger partial charge in [-0.3, -0.25) is 9.59 Å². The van der Waals surface area contributed by atoms with Crippen molar-refractivity contribution in [1.29, 1.82) is 0 Å². The minimum absolute atomic E-state index is 0.0579. The summed E-state index contributed by atoms with van der Waals surface area (Å²) in [5, 5.41) is 2.84. The van der Waals surface area contributed by atoms with Crippen molar-refractivity contribution in [1.82, 2.24) is 0 Å². The number of ether oxygens (including phenoxy) is 1. The van der Waals surface area contributed by atoms with Crippen molar-refractivity contribution in [3.05, 3.63) is 53.1 Å². The van der Waals surface area contributed by atoms with Gasteiger partial charge in [-0.05, 0) is 56.5 Å². The van der Waals surface area contributed by atoms with Crippen molar-refractivity contribution in [2.45, 2.75) is 33.6 Å². The van der Waals surface area contributed by atoms with Crippen LogP contribution in [0.3, 0.4) is 0 Å². The summed E-state index contributed by atoms with van der Waals surface area (Å²) in [6.45, 7) is 6.66. The fraction of sp³-hybridized carbons (Fsp3) is 0.333. The molecule has 5 heteroatoms. The normalized spacial score (nSPS) is 13.8. The van der Waals surface area contributed by atoms with Crippen molar-refractivity contribution >= 4 is 23.2 Å². The van der Waals surface area contributed by atoms with E-state index in [2.05, 4.69) is 5.32 Å². The molecule has 1 aliphatic rings. The molecular formula is C21H24N2O3. The molecule has 0 unspecified atom stereocenters. The number of benzene rings is 2. The van der Waals surface area contributed by atoms with Gasteiger partial charge in [-0.1, -0.05) is 23.8 Å². The van der Waals surface area contributed by atoms with E-state index in [1.807, 2.05) is 57.2 Å². The van der Waals surface area contributed by atoms with Gasteiger partial charge in [0.2, 0.25) is 5.91 Å². The Kier molecular flexibility index (Phi) is 5.26. The van der Waals surface area contributed by atoms with Gasteiger partial charge in [0.1, 0.15) is 5.75 Å². The number of hydrogen-bond donors (Lipinski definition) is 1. The van der Waals surface area contributed by atoms with E-state index in [1.54, 1.807) is 4.90 Å². The van der Waals surface area contributed by atoms with E-state index in [0.29, 0.717) is 12.1 Å². The van der Waals surface area contributed by atoms with Gasteiger partial charge in [-0.25, -0.2) is 0 Å². The fourth-order valence-corrected chi connectivity index (χ4v) is 3.40. The van der Waals surface area contributed by atoms with Crippen molar-refractivity contribution in [3.8, 4) is 5.75 Å². The maximum atomic E-state index is 12.3. The molecule has 1 saturated heterocycles. The standard InChI is InChI=1S/C21H24N2O3/c1-14-10-15(2)21(16(3)11-14)26-13-19(24)22-17-6-4-7-18(12-17)23-9-5-8-20(23)25/h4,6-7,10-12H,5,8-9,13H2,1-3H3,(H,22,24). The van der Waals surface area contributed by atoms with Crippen LogP contribution in [-0.4, -0.2) is 25.0 Å². The molecule has 1 fully saturated rings. The monoisotopic (exact) mass is 352 g/mol. The molecule has 2 aromatic carbocycles. The SMILES string of the molecule is Cc1cc(C)c(OCC(=O)Nc2cccc(N3CCCC3=O)c2)c(C)c1. The largest absolute Gasteiger partial charge is 0.483 e. The molecule has 0 saturated carbocycles. The molecule has 0 bridgehead atoms. The summed E-state index contributed by atoms with van der Waals surface area (Å²) in [5.41, 5.74) is 4.68. The molecule has 0 aliphatic carbocycles. The van der Waals surface area contributed by atoms with Crippen LogP contribution < -0.4 is 15.0 Å². The quantitative estimate of drug-likeness (QED) is 0.891. The third-order valence-electron chi connectivity index (χ3n) is 4.47. The van der Waals surface area contributed by atoms with Crippen LogP contribution in [0.15, 0.2) is 36.4 Å². The van der Waals surface area contributed by atoms with Crippen LogP contribution in [-0.2, 0) is 9.59 Å². The number of anilines is 2. The molecule has 26 heavy (non-hydrogen) atoms. The highest BCUT2D eigenvalue weighted by molar-refractivity contribution is 5.97. The summed E-state index contributed by atoms with van der Waals surface area (Å²) in [7, 11) is 0. The van der Waals surface area contributed by atoms with E-state index in [4.69, 9.17) is 4.74 Å². The first-order valence-corrected chi connectivity index (χ1v) is 8.85. The molecule has 0 atom stereocenters. The average molecular weight is 352 g/mol. The van der Waals surface area contributed by atoms with Crippen LogP contribution in [0.2, 0.25) is 0 Å². The minimum Gasteiger partial charge on any atom is -0.483 e. The summed E-state index contributed by atoms with van der Waals surface area (Å²) in [6.07, 6.45) is 1.46. The summed E-state index contributed by atoms with van der Waals surface area (Å²) >= 11 is 0. The molecule has 5 nitrogen and oxygen atoms in total. The van der Waals surface area contributed by atoms with Crippen molar-refractivity contribution in [2.24, 2.45) is 0 Å². The molecule has 136 valence electrons. The number of nitrogens with zero attached hydrogens (tertiary/aromatic N) is 1. The van der Waals surface area contributed by atoms with E-state index in [-0.39, 0.29) is 18.4 Å². The van der Waals surface area contributed by atoms with Gasteiger partial charge >= 0.3 is 0 Å². The van der Waals surface area contributed by atoms with Gasteiger partial charge in [0, 0.05) is 24.3 Å². The smallest absolute Gasteiger partial charge is 0.262 e. The fourth-order valence-electron chi connectivity index (χ4n) is 3.40. The lowest BCUT2D eigenvalue weighted by Crippen LogP contribution is -2.24. The summed E-state index contributed by atoms with van der Waals surface area (Å²) < 4.78 is 5.73. The Balaban J connectivity index is 1.63. The maximum absolute atomic E-state index is 12.3. The number of nitrogens with one attached hydrogen (secondary N) is 1. The molecule has 1 heterocycles. The van der Waals surface area contributed by atoms with E-state index < -0.39 is 0 Å². The Morgan fingerprint density at radius 2 is 1.88 bits per heavy atom. The number of carbonyl (C=O) groups excluding carboxylic acids is 2. The van der Waals surface area contributed by atoms with Crippen LogP contribution in [0.4, 0.5) is 11.4 Å². The lowest BCUT2D eigenvalue weighted by molar-refractivity contribution is -0.118. The molecule has 3 rings (SSSR count). The molecule has 1 N–H and O–H groups in total. The predicted octanol–water partition coefficient (Wildman–Crippen LogP) is 3.76. The van der Waals surface area contributed by atoms with Crippen molar-refractivity contribution in [3.63, 3.8) is 0 Å². The second-order valence-electron chi connectivity index (χ2n) is 6.76. The van der Waals surface area contributed by atoms with Crippen LogP contribution in [0.25, 0.3) is 0 Å². The van der Waals surface area contributed by atoms with Gasteiger partial charge in [0.15, 0.2) is 6.61 Å². The number of amides is 2. The molecule has 2 aromatic rings. The zero-order chi connectivity index (χ0) is 18.7. The highest BCUT2D eigenvalue weighted by Gasteiger charge is 2.21. The maximum Gasteiger partial charge on any atom is 0.262 e. The van der Waals surface area contributed by atoms with Crippen LogP contribution in [0.1, 0.15) is 29.5 Å². The number of carbonyl (C=O) groups is 2. The first-order valence-electron chi connectivity index (χ1n) is 8.85. The summed E-state index contributed by atoms with van der Waals surface area (Å²) in [6, 6.07) is 11.4. The lowest BCUT2D eigenvalue weighted by Gasteiger charge is -2.17. The lowest BCUT2D eigenvalue weighted by atomic mass is 10.1. The Bertz CT molecular complexity index is 822. The molecular weight excluding hydrogens is 328 g/mol. The Morgan fingerprint density at radius 1 is 1.15 bits per heavy atom. The third kappa shape index (κ3) is 4.04. The molecule has 0 radical (unpaired) electrons. The summed E-state index contributed by atoms with van der Waals surface area (Å²) in [5.74, 6) is 0.651. The average Bonchev–Trinajstić information content (AvgIpc) is 3.00. The van der Waals surface area contributed by atoms with Gasteiger partial charge in [0.05, 0.1) is 0 Å². The number of aryl methyl sites for hydroxylation is 3. The molecule has 2 amide bonds. The van der Waals surface area contributed by atoms with E-state index in [1.165, 1.54) is 5.56 Å². The van der Waals surface area contributed by atoms with Gasteiger partial charge in [0.25, 0.3) is 5.91 Å². The first kappa shape index (κ1) is 18.0. The molecule has 0 spiro atoms. The zero-order valence-electron chi connectivity index (χ0n) is 15.5. The minimum atomic E-state index is -0.228. The Morgan fingerprint density at radius 3 is 2.54 bits per heavy atom. The van der Waals surface area contributed by atoms with Crippen LogP contribution >= 0.6 is 0 Å². The Hall–Kier alpha value is -2.82. The van der Waals surface area contributed by atoms with Crippen LogP contribution in [0, 0.1) is 20.8 Å². The summed E-state index contributed by atoms with van der Waals surface area (Å²) in [4.78, 5) is 25.9. The zero-order valence-corrected chi connectivity index (χ0v) is 15.5. The van der Waals surface area contributed by atoms with E-state index in [0.717, 1.165) is 35.5 Å². The molecule has 1 aliphatic heterocycles. The van der Waals surface area contributed by atoms with Gasteiger partial charge < -0.3 is 15.0 Å². The number of hydrogen-bond acceptors (Lipinski definition) is 3. The van der Waals surface area contributed by atoms with E-state index >= 15 is 0 Å². The predicted molar refractivity (Wildman–Crippen MR) is 103 cm³/mol. The van der Waals surface area contributed by atoms with Gasteiger partial charge in [-0.15, -0.1) is 0 Å². The topological polar surface area (TPSA) is 58.6 Å². The second kappa shape index (κ2) is 7.60. The first-order chi connectivity index (χ1) is 12.4.